The van der Waals surface area contributed by atoms with E-state index in [2.05, 4.69) is 6.92 Å². The minimum absolute atomic E-state index is 0.0102. The van der Waals surface area contributed by atoms with Crippen LogP contribution < -0.4 is 15.2 Å². The fraction of sp³-hybridized carbons (Fsp3) is 0.647. The summed E-state index contributed by atoms with van der Waals surface area (Å²) in [5.74, 6) is 2.31. The zero-order valence-corrected chi connectivity index (χ0v) is 12.9. The Kier molecular flexibility index (Phi) is 5.30. The molecule has 3 atom stereocenters. The summed E-state index contributed by atoms with van der Waals surface area (Å²) in [6.45, 7) is 4.23. The monoisotopic (exact) mass is 277 g/mol. The largest absolute Gasteiger partial charge is 0.493 e. The molecule has 1 aliphatic carbocycles. The summed E-state index contributed by atoms with van der Waals surface area (Å²) in [6.07, 6.45) is 6.53. The molecular formula is C17H27NO2. The van der Waals surface area contributed by atoms with E-state index in [1.54, 1.807) is 7.11 Å². The van der Waals surface area contributed by atoms with Crippen molar-refractivity contribution in [3.8, 4) is 11.5 Å². The third-order valence-electron chi connectivity index (χ3n) is 4.36. The SMILES string of the molecule is CCC1CCCCC1Oc1ccc(C(C)N)cc1OC. The number of ether oxygens (including phenoxy) is 2. The predicted octanol–water partition coefficient (Wildman–Crippen LogP) is 4.06. The average Bonchev–Trinajstić information content (AvgIpc) is 2.48. The van der Waals surface area contributed by atoms with Gasteiger partial charge in [-0.1, -0.05) is 19.4 Å². The van der Waals surface area contributed by atoms with Gasteiger partial charge in [0.05, 0.1) is 7.11 Å². The van der Waals surface area contributed by atoms with E-state index in [-0.39, 0.29) is 6.04 Å². The van der Waals surface area contributed by atoms with Crippen LogP contribution in [0.2, 0.25) is 0 Å². The van der Waals surface area contributed by atoms with Gasteiger partial charge in [0.15, 0.2) is 11.5 Å². The number of nitrogens with two attached hydrogens (primary N) is 1. The van der Waals surface area contributed by atoms with Gasteiger partial charge >= 0.3 is 0 Å². The first kappa shape index (κ1) is 15.2. The van der Waals surface area contributed by atoms with E-state index in [0.717, 1.165) is 23.5 Å². The van der Waals surface area contributed by atoms with Gasteiger partial charge < -0.3 is 15.2 Å². The minimum atomic E-state index is 0.0102. The van der Waals surface area contributed by atoms with Crippen molar-refractivity contribution in [2.24, 2.45) is 11.7 Å². The molecule has 1 aliphatic rings. The third kappa shape index (κ3) is 3.45. The van der Waals surface area contributed by atoms with Gasteiger partial charge in [0.1, 0.15) is 6.10 Å². The van der Waals surface area contributed by atoms with E-state index in [1.807, 2.05) is 25.1 Å². The van der Waals surface area contributed by atoms with E-state index in [4.69, 9.17) is 15.2 Å². The van der Waals surface area contributed by atoms with Gasteiger partial charge in [-0.25, -0.2) is 0 Å². The first-order valence-electron chi connectivity index (χ1n) is 7.75. The van der Waals surface area contributed by atoms with Crippen molar-refractivity contribution in [1.82, 2.24) is 0 Å². The van der Waals surface area contributed by atoms with Gasteiger partial charge in [-0.15, -0.1) is 0 Å². The second kappa shape index (κ2) is 6.98. The van der Waals surface area contributed by atoms with Crippen molar-refractivity contribution < 1.29 is 9.47 Å². The summed E-state index contributed by atoms with van der Waals surface area (Å²) in [5.41, 5.74) is 6.99. The Bertz CT molecular complexity index is 431. The molecule has 20 heavy (non-hydrogen) atoms. The van der Waals surface area contributed by atoms with Crippen molar-refractivity contribution >= 4 is 0 Å². The van der Waals surface area contributed by atoms with Gasteiger partial charge in [-0.3, -0.25) is 0 Å². The third-order valence-corrected chi connectivity index (χ3v) is 4.36. The molecule has 1 fully saturated rings. The Morgan fingerprint density at radius 3 is 2.65 bits per heavy atom. The lowest BCUT2D eigenvalue weighted by atomic mass is 9.85. The first-order chi connectivity index (χ1) is 9.65. The van der Waals surface area contributed by atoms with Crippen LogP contribution >= 0.6 is 0 Å². The molecule has 1 saturated carbocycles. The van der Waals surface area contributed by atoms with E-state index in [0.29, 0.717) is 12.0 Å². The average molecular weight is 277 g/mol. The lowest BCUT2D eigenvalue weighted by Crippen LogP contribution is -2.30. The number of rotatable bonds is 5. The van der Waals surface area contributed by atoms with E-state index in [1.165, 1.54) is 25.7 Å². The minimum Gasteiger partial charge on any atom is -0.493 e. The lowest BCUT2D eigenvalue weighted by molar-refractivity contribution is 0.0873. The van der Waals surface area contributed by atoms with Crippen LogP contribution in [0, 0.1) is 5.92 Å². The van der Waals surface area contributed by atoms with Crippen molar-refractivity contribution in [3.63, 3.8) is 0 Å². The molecule has 112 valence electrons. The zero-order valence-electron chi connectivity index (χ0n) is 12.9. The highest BCUT2D eigenvalue weighted by atomic mass is 16.5. The molecule has 0 aromatic heterocycles. The van der Waals surface area contributed by atoms with Crippen LogP contribution in [0.15, 0.2) is 18.2 Å². The highest BCUT2D eigenvalue weighted by Gasteiger charge is 2.26. The topological polar surface area (TPSA) is 44.5 Å². The maximum Gasteiger partial charge on any atom is 0.161 e. The van der Waals surface area contributed by atoms with Gasteiger partial charge in [0.2, 0.25) is 0 Å². The molecule has 2 N–H and O–H groups in total. The molecule has 3 unspecified atom stereocenters. The van der Waals surface area contributed by atoms with Crippen molar-refractivity contribution in [2.45, 2.75) is 58.1 Å². The Balaban J connectivity index is 2.15. The fourth-order valence-electron chi connectivity index (χ4n) is 3.02. The van der Waals surface area contributed by atoms with Crippen LogP contribution in [0.25, 0.3) is 0 Å². The summed E-state index contributed by atoms with van der Waals surface area (Å²) in [7, 11) is 1.69. The van der Waals surface area contributed by atoms with Crippen LogP contribution in [0.1, 0.15) is 57.6 Å². The predicted molar refractivity (Wildman–Crippen MR) is 82.3 cm³/mol. The summed E-state index contributed by atoms with van der Waals surface area (Å²) in [4.78, 5) is 0. The van der Waals surface area contributed by atoms with Gasteiger partial charge in [-0.05, 0) is 56.2 Å². The molecule has 3 nitrogen and oxygen atoms in total. The van der Waals surface area contributed by atoms with Crippen LogP contribution in [0.4, 0.5) is 0 Å². The number of hydrogen-bond donors (Lipinski definition) is 1. The lowest BCUT2D eigenvalue weighted by Gasteiger charge is -2.31. The summed E-state index contributed by atoms with van der Waals surface area (Å²) in [6, 6.07) is 6.03. The first-order valence-corrected chi connectivity index (χ1v) is 7.75. The fourth-order valence-corrected chi connectivity index (χ4v) is 3.02. The van der Waals surface area contributed by atoms with Crippen LogP contribution in [0.3, 0.4) is 0 Å². The summed E-state index contributed by atoms with van der Waals surface area (Å²) < 4.78 is 11.7. The molecule has 0 radical (unpaired) electrons. The zero-order chi connectivity index (χ0) is 14.5. The molecule has 0 saturated heterocycles. The summed E-state index contributed by atoms with van der Waals surface area (Å²) >= 11 is 0. The van der Waals surface area contributed by atoms with Crippen molar-refractivity contribution in [3.05, 3.63) is 23.8 Å². The molecule has 0 aliphatic heterocycles. The molecule has 0 heterocycles. The Morgan fingerprint density at radius 1 is 1.25 bits per heavy atom. The van der Waals surface area contributed by atoms with E-state index >= 15 is 0 Å². The smallest absolute Gasteiger partial charge is 0.161 e. The molecule has 0 amide bonds. The highest BCUT2D eigenvalue weighted by molar-refractivity contribution is 5.43. The second-order valence-corrected chi connectivity index (χ2v) is 5.81. The van der Waals surface area contributed by atoms with Crippen LogP contribution in [-0.2, 0) is 0 Å². The number of methoxy groups -OCH3 is 1. The maximum atomic E-state index is 6.25. The molecular weight excluding hydrogens is 250 g/mol. The van der Waals surface area contributed by atoms with Crippen molar-refractivity contribution in [2.75, 3.05) is 7.11 Å². The molecule has 3 heteroatoms. The summed E-state index contributed by atoms with van der Waals surface area (Å²) in [5, 5.41) is 0. The van der Waals surface area contributed by atoms with Gasteiger partial charge in [0.25, 0.3) is 0 Å². The molecule has 1 aromatic rings. The van der Waals surface area contributed by atoms with Gasteiger partial charge in [-0.2, -0.15) is 0 Å². The van der Waals surface area contributed by atoms with E-state index in [9.17, 15) is 0 Å². The van der Waals surface area contributed by atoms with Crippen LogP contribution in [-0.4, -0.2) is 13.2 Å². The van der Waals surface area contributed by atoms with Gasteiger partial charge in [0, 0.05) is 6.04 Å². The quantitative estimate of drug-likeness (QED) is 0.882. The molecule has 0 bridgehead atoms. The number of hydrogen-bond acceptors (Lipinski definition) is 3. The Hall–Kier alpha value is -1.22. The highest BCUT2D eigenvalue weighted by Crippen LogP contribution is 2.35. The standard InChI is InChI=1S/C17H27NO2/c1-4-13-7-5-6-8-15(13)20-16-10-9-14(12(2)18)11-17(16)19-3/h9-13,15H,4-8,18H2,1-3H3. The molecule has 1 aromatic carbocycles. The number of benzene rings is 1. The Morgan fingerprint density at radius 2 is 2.00 bits per heavy atom. The van der Waals surface area contributed by atoms with Crippen molar-refractivity contribution in [1.29, 1.82) is 0 Å². The Labute approximate surface area is 122 Å². The molecule has 0 spiro atoms. The second-order valence-electron chi connectivity index (χ2n) is 5.81. The van der Waals surface area contributed by atoms with Crippen LogP contribution in [0.5, 0.6) is 11.5 Å². The van der Waals surface area contributed by atoms with E-state index < -0.39 is 0 Å². The molecule has 2 rings (SSSR count). The normalized spacial score (nSPS) is 24.2. The maximum absolute atomic E-state index is 6.25.